The summed E-state index contributed by atoms with van der Waals surface area (Å²) in [5.74, 6) is 1.37. The van der Waals surface area contributed by atoms with Gasteiger partial charge in [0.25, 0.3) is 0 Å². The normalized spacial score (nSPS) is 11.5. The van der Waals surface area contributed by atoms with Crippen molar-refractivity contribution < 1.29 is 4.74 Å². The van der Waals surface area contributed by atoms with Crippen LogP contribution in [-0.2, 0) is 0 Å². The summed E-state index contributed by atoms with van der Waals surface area (Å²) in [5.41, 5.74) is 4.17. The smallest absolute Gasteiger partial charge is 0.122 e. The molecule has 0 aliphatic rings. The van der Waals surface area contributed by atoms with Gasteiger partial charge in [-0.25, -0.2) is 0 Å². The molecule has 3 heteroatoms. The molecule has 2 aromatic rings. The third-order valence-electron chi connectivity index (χ3n) is 5.69. The molecule has 0 atom stereocenters. The molecule has 2 aromatic carbocycles. The second-order valence-corrected chi connectivity index (χ2v) is 8.94. The third kappa shape index (κ3) is 10.1. The number of ether oxygens (including phenoxy) is 1. The van der Waals surface area contributed by atoms with Crippen molar-refractivity contribution in [2.75, 3.05) is 6.61 Å². The molecular weight excluding hydrogens is 380 g/mol. The minimum atomic E-state index is 0.386. The Morgan fingerprint density at radius 1 is 0.710 bits per heavy atom. The van der Waals surface area contributed by atoms with Gasteiger partial charge in [0.05, 0.1) is 18.0 Å². The SMILES string of the molecule is CCCCCCCCCCCCOc1ccc(/N=N/c2ccc(C)cc2)cc1C(C)C. The van der Waals surface area contributed by atoms with E-state index >= 15 is 0 Å². The van der Waals surface area contributed by atoms with Crippen molar-refractivity contribution in [2.24, 2.45) is 10.2 Å². The minimum absolute atomic E-state index is 0.386. The number of unbranched alkanes of at least 4 members (excludes halogenated alkanes) is 9. The first-order valence-corrected chi connectivity index (χ1v) is 12.3. The van der Waals surface area contributed by atoms with E-state index in [1.165, 1.54) is 68.9 Å². The quantitative estimate of drug-likeness (QED) is 0.208. The molecule has 0 bridgehead atoms. The van der Waals surface area contributed by atoms with Gasteiger partial charge in [-0.15, -0.1) is 0 Å². The number of benzene rings is 2. The lowest BCUT2D eigenvalue weighted by molar-refractivity contribution is 0.300. The highest BCUT2D eigenvalue weighted by atomic mass is 16.5. The van der Waals surface area contributed by atoms with Gasteiger partial charge in [0.1, 0.15) is 5.75 Å². The maximum atomic E-state index is 6.13. The fraction of sp³-hybridized carbons (Fsp3) is 0.571. The first-order valence-electron chi connectivity index (χ1n) is 12.3. The van der Waals surface area contributed by atoms with E-state index in [0.29, 0.717) is 5.92 Å². The second kappa shape index (κ2) is 14.8. The molecule has 0 fully saturated rings. The van der Waals surface area contributed by atoms with Crippen molar-refractivity contribution in [2.45, 2.75) is 97.8 Å². The molecule has 0 aliphatic carbocycles. The average molecular weight is 423 g/mol. The lowest BCUT2D eigenvalue weighted by atomic mass is 10.0. The van der Waals surface area contributed by atoms with E-state index in [1.54, 1.807) is 0 Å². The Labute approximate surface area is 190 Å². The van der Waals surface area contributed by atoms with E-state index in [4.69, 9.17) is 4.74 Å². The highest BCUT2D eigenvalue weighted by Crippen LogP contribution is 2.31. The van der Waals surface area contributed by atoms with Crippen molar-refractivity contribution in [1.82, 2.24) is 0 Å². The maximum absolute atomic E-state index is 6.13. The summed E-state index contributed by atoms with van der Waals surface area (Å²) in [6.45, 7) is 9.54. The summed E-state index contributed by atoms with van der Waals surface area (Å²) in [6.07, 6.45) is 13.4. The molecule has 0 saturated heterocycles. The maximum Gasteiger partial charge on any atom is 0.122 e. The van der Waals surface area contributed by atoms with Crippen molar-refractivity contribution in [3.8, 4) is 5.75 Å². The molecule has 0 aromatic heterocycles. The molecule has 0 saturated carbocycles. The van der Waals surface area contributed by atoms with Crippen molar-refractivity contribution in [3.63, 3.8) is 0 Å². The predicted octanol–water partition coefficient (Wildman–Crippen LogP) is 9.83. The predicted molar refractivity (Wildman–Crippen MR) is 133 cm³/mol. The van der Waals surface area contributed by atoms with Gasteiger partial charge in [-0.3, -0.25) is 0 Å². The van der Waals surface area contributed by atoms with E-state index < -0.39 is 0 Å². The van der Waals surface area contributed by atoms with Crippen LogP contribution in [0.25, 0.3) is 0 Å². The molecule has 31 heavy (non-hydrogen) atoms. The van der Waals surface area contributed by atoms with Gasteiger partial charge in [0.15, 0.2) is 0 Å². The molecular formula is C28H42N2O. The van der Waals surface area contributed by atoms with Gasteiger partial charge < -0.3 is 4.74 Å². The van der Waals surface area contributed by atoms with Crippen LogP contribution in [0.1, 0.15) is 102 Å². The van der Waals surface area contributed by atoms with Gasteiger partial charge in [-0.05, 0) is 55.2 Å². The van der Waals surface area contributed by atoms with Crippen molar-refractivity contribution in [3.05, 3.63) is 53.6 Å². The summed E-state index contributed by atoms with van der Waals surface area (Å²) >= 11 is 0. The van der Waals surface area contributed by atoms with Crippen LogP contribution in [0.15, 0.2) is 52.7 Å². The Morgan fingerprint density at radius 2 is 1.26 bits per heavy atom. The largest absolute Gasteiger partial charge is 0.493 e. The summed E-state index contributed by atoms with van der Waals surface area (Å²) in [4.78, 5) is 0. The Morgan fingerprint density at radius 3 is 1.87 bits per heavy atom. The number of rotatable bonds is 15. The van der Waals surface area contributed by atoms with Crippen LogP contribution in [-0.4, -0.2) is 6.61 Å². The molecule has 0 unspecified atom stereocenters. The van der Waals surface area contributed by atoms with Gasteiger partial charge >= 0.3 is 0 Å². The Balaban J connectivity index is 1.74. The molecule has 0 radical (unpaired) electrons. The summed E-state index contributed by atoms with van der Waals surface area (Å²) in [7, 11) is 0. The van der Waals surface area contributed by atoms with E-state index in [9.17, 15) is 0 Å². The van der Waals surface area contributed by atoms with Crippen LogP contribution >= 0.6 is 0 Å². The third-order valence-corrected chi connectivity index (χ3v) is 5.69. The molecule has 0 spiro atoms. The first-order chi connectivity index (χ1) is 15.1. The molecule has 0 amide bonds. The highest BCUT2D eigenvalue weighted by Gasteiger charge is 2.09. The van der Waals surface area contributed by atoms with Crippen molar-refractivity contribution >= 4 is 11.4 Å². The number of azo groups is 1. The zero-order valence-electron chi connectivity index (χ0n) is 20.2. The van der Waals surface area contributed by atoms with Crippen LogP contribution in [0, 0.1) is 6.92 Å². The van der Waals surface area contributed by atoms with E-state index in [-0.39, 0.29) is 0 Å². The molecule has 0 N–H and O–H groups in total. The number of hydrogen-bond donors (Lipinski definition) is 0. The van der Waals surface area contributed by atoms with Gasteiger partial charge in [-0.1, -0.05) is 96.3 Å². The fourth-order valence-corrected chi connectivity index (χ4v) is 3.68. The number of aryl methyl sites for hydroxylation is 1. The standard InChI is InChI=1S/C28H42N2O/c1-5-6-7-8-9-10-11-12-13-14-21-31-28-20-19-26(22-27(28)23(2)3)30-29-25-17-15-24(4)16-18-25/h15-20,22-23H,5-14,21H2,1-4H3/b30-29+. The van der Waals surface area contributed by atoms with Gasteiger partial charge in [0, 0.05) is 0 Å². The molecule has 3 nitrogen and oxygen atoms in total. The van der Waals surface area contributed by atoms with E-state index in [1.807, 2.05) is 18.2 Å². The molecule has 2 rings (SSSR count). The monoisotopic (exact) mass is 422 g/mol. The summed E-state index contributed by atoms with van der Waals surface area (Å²) in [5, 5.41) is 8.78. The Hall–Kier alpha value is -2.16. The summed E-state index contributed by atoms with van der Waals surface area (Å²) in [6, 6.07) is 14.2. The van der Waals surface area contributed by atoms with E-state index in [0.717, 1.165) is 30.2 Å². The molecule has 0 aliphatic heterocycles. The Bertz CT molecular complexity index is 765. The summed E-state index contributed by atoms with van der Waals surface area (Å²) < 4.78 is 6.13. The van der Waals surface area contributed by atoms with Gasteiger partial charge in [-0.2, -0.15) is 10.2 Å². The second-order valence-electron chi connectivity index (χ2n) is 8.94. The number of hydrogen-bond acceptors (Lipinski definition) is 3. The Kier molecular flexibility index (Phi) is 12.0. The highest BCUT2D eigenvalue weighted by molar-refractivity contribution is 5.49. The van der Waals surface area contributed by atoms with Crippen LogP contribution in [0.5, 0.6) is 5.75 Å². The number of nitrogens with zero attached hydrogens (tertiary/aromatic N) is 2. The molecule has 170 valence electrons. The van der Waals surface area contributed by atoms with Gasteiger partial charge in [0.2, 0.25) is 0 Å². The molecule has 0 heterocycles. The van der Waals surface area contributed by atoms with Crippen LogP contribution in [0.2, 0.25) is 0 Å². The van der Waals surface area contributed by atoms with Crippen LogP contribution < -0.4 is 4.74 Å². The fourth-order valence-electron chi connectivity index (χ4n) is 3.68. The van der Waals surface area contributed by atoms with Crippen LogP contribution in [0.3, 0.4) is 0 Å². The van der Waals surface area contributed by atoms with E-state index in [2.05, 4.69) is 62.2 Å². The average Bonchev–Trinajstić information content (AvgIpc) is 2.77. The topological polar surface area (TPSA) is 34.0 Å². The van der Waals surface area contributed by atoms with Crippen molar-refractivity contribution in [1.29, 1.82) is 0 Å². The lowest BCUT2D eigenvalue weighted by Crippen LogP contribution is -2.01. The zero-order valence-corrected chi connectivity index (χ0v) is 20.2. The minimum Gasteiger partial charge on any atom is -0.493 e. The van der Waals surface area contributed by atoms with Crippen LogP contribution in [0.4, 0.5) is 11.4 Å². The first kappa shape index (κ1) is 25.1. The zero-order chi connectivity index (χ0) is 22.3. The lowest BCUT2D eigenvalue weighted by Gasteiger charge is -2.14.